The number of ether oxygens (including phenoxy) is 1. The number of hydrogen-bond acceptors (Lipinski definition) is 5. The van der Waals surface area contributed by atoms with Gasteiger partial charge in [-0.15, -0.1) is 10.2 Å². The summed E-state index contributed by atoms with van der Waals surface area (Å²) in [5.41, 5.74) is 1.29. The topological polar surface area (TPSA) is 92.1 Å². The number of pyridine rings is 1. The Labute approximate surface area is 170 Å². The van der Waals surface area contributed by atoms with Gasteiger partial charge in [0.25, 0.3) is 5.91 Å². The summed E-state index contributed by atoms with van der Waals surface area (Å²) in [7, 11) is 3.51. The molecule has 156 valence electrons. The normalized spacial score (nSPS) is 20.2. The summed E-state index contributed by atoms with van der Waals surface area (Å²) in [6, 6.07) is 3.61. The number of aromatic nitrogens is 3. The van der Waals surface area contributed by atoms with Crippen molar-refractivity contribution in [2.45, 2.75) is 25.2 Å². The molecule has 0 aromatic carbocycles. The van der Waals surface area contributed by atoms with E-state index in [1.807, 2.05) is 15.4 Å². The summed E-state index contributed by atoms with van der Waals surface area (Å²) in [6.45, 7) is 3.51. The van der Waals surface area contributed by atoms with Crippen LogP contribution in [0.25, 0.3) is 5.65 Å². The second-order valence-electron chi connectivity index (χ2n) is 8.08. The third kappa shape index (κ3) is 4.19. The van der Waals surface area contributed by atoms with Crippen LogP contribution >= 0.6 is 0 Å². The summed E-state index contributed by atoms with van der Waals surface area (Å²) < 4.78 is 7.26. The van der Waals surface area contributed by atoms with Crippen molar-refractivity contribution in [3.63, 3.8) is 0 Å². The number of carbonyl (C=O) groups is 2. The van der Waals surface area contributed by atoms with E-state index in [9.17, 15) is 9.59 Å². The van der Waals surface area contributed by atoms with Crippen LogP contribution in [0.15, 0.2) is 18.3 Å². The van der Waals surface area contributed by atoms with Crippen LogP contribution in [0.5, 0.6) is 0 Å². The van der Waals surface area contributed by atoms with Gasteiger partial charge in [-0.3, -0.25) is 9.20 Å². The van der Waals surface area contributed by atoms with Crippen LogP contribution in [-0.4, -0.2) is 83.3 Å². The van der Waals surface area contributed by atoms with Crippen molar-refractivity contribution in [1.82, 2.24) is 29.7 Å². The SMILES string of the molecule is CN(C)C(=O)N1CCC(c2nnc3ccc(C(=O)NCC4CCOCC4)cn23)C1. The van der Waals surface area contributed by atoms with Crippen molar-refractivity contribution in [2.75, 3.05) is 46.9 Å². The van der Waals surface area contributed by atoms with Crippen LogP contribution in [-0.2, 0) is 4.74 Å². The number of amides is 3. The first kappa shape index (κ1) is 19.6. The van der Waals surface area contributed by atoms with Crippen molar-refractivity contribution >= 4 is 17.6 Å². The second kappa shape index (κ2) is 8.36. The molecule has 0 saturated carbocycles. The number of hydrogen-bond donors (Lipinski definition) is 1. The molecular formula is C20H28N6O3. The highest BCUT2D eigenvalue weighted by atomic mass is 16.5. The smallest absolute Gasteiger partial charge is 0.319 e. The maximum absolute atomic E-state index is 12.6. The van der Waals surface area contributed by atoms with Gasteiger partial charge >= 0.3 is 6.03 Å². The lowest BCUT2D eigenvalue weighted by atomic mass is 10.0. The molecule has 1 unspecified atom stereocenters. The lowest BCUT2D eigenvalue weighted by Crippen LogP contribution is -2.37. The largest absolute Gasteiger partial charge is 0.381 e. The predicted molar refractivity (Wildman–Crippen MR) is 107 cm³/mol. The van der Waals surface area contributed by atoms with E-state index in [0.29, 0.717) is 36.8 Å². The molecule has 4 heterocycles. The average molecular weight is 400 g/mol. The van der Waals surface area contributed by atoms with Gasteiger partial charge in [0.05, 0.1) is 5.56 Å². The number of rotatable bonds is 4. The molecule has 3 amide bonds. The number of nitrogens with zero attached hydrogens (tertiary/aromatic N) is 5. The van der Waals surface area contributed by atoms with E-state index in [1.165, 1.54) is 0 Å². The number of carbonyl (C=O) groups excluding carboxylic acids is 2. The van der Waals surface area contributed by atoms with Crippen molar-refractivity contribution in [1.29, 1.82) is 0 Å². The molecule has 0 radical (unpaired) electrons. The third-order valence-electron chi connectivity index (χ3n) is 5.79. The summed E-state index contributed by atoms with van der Waals surface area (Å²) in [5.74, 6) is 1.29. The highest BCUT2D eigenvalue weighted by molar-refractivity contribution is 5.94. The summed E-state index contributed by atoms with van der Waals surface area (Å²) in [6.07, 6.45) is 4.61. The van der Waals surface area contributed by atoms with Crippen molar-refractivity contribution in [3.05, 3.63) is 29.7 Å². The van der Waals surface area contributed by atoms with E-state index in [-0.39, 0.29) is 17.9 Å². The Morgan fingerprint density at radius 3 is 2.76 bits per heavy atom. The zero-order chi connectivity index (χ0) is 20.4. The molecule has 2 saturated heterocycles. The Kier molecular flexibility index (Phi) is 5.66. The Bertz CT molecular complexity index is 889. The molecule has 2 aromatic heterocycles. The summed E-state index contributed by atoms with van der Waals surface area (Å²) in [5, 5.41) is 11.6. The molecule has 2 aromatic rings. The molecule has 2 fully saturated rings. The van der Waals surface area contributed by atoms with E-state index in [2.05, 4.69) is 15.5 Å². The predicted octanol–water partition coefficient (Wildman–Crippen LogP) is 1.36. The average Bonchev–Trinajstić information content (AvgIpc) is 3.38. The van der Waals surface area contributed by atoms with Gasteiger partial charge in [-0.25, -0.2) is 4.79 Å². The van der Waals surface area contributed by atoms with Crippen LogP contribution in [0.3, 0.4) is 0 Å². The first-order valence-corrected chi connectivity index (χ1v) is 10.2. The fourth-order valence-corrected chi connectivity index (χ4v) is 4.04. The molecule has 0 bridgehead atoms. The van der Waals surface area contributed by atoms with E-state index < -0.39 is 0 Å². The van der Waals surface area contributed by atoms with Crippen LogP contribution in [0.1, 0.15) is 41.4 Å². The lowest BCUT2D eigenvalue weighted by Gasteiger charge is -2.22. The molecule has 0 spiro atoms. The van der Waals surface area contributed by atoms with E-state index >= 15 is 0 Å². The standard InChI is InChI=1S/C20H28N6O3/c1-24(2)20(28)25-8-5-15(12-25)18-23-22-17-4-3-16(13-26(17)18)19(27)21-11-14-6-9-29-10-7-14/h3-4,13-15H,5-12H2,1-2H3,(H,21,27). The van der Waals surface area contributed by atoms with Gasteiger partial charge in [-0.2, -0.15) is 0 Å². The number of fused-ring (bicyclic) bond motifs is 1. The van der Waals surface area contributed by atoms with Crippen LogP contribution < -0.4 is 5.32 Å². The fraction of sp³-hybridized carbons (Fsp3) is 0.600. The molecular weight excluding hydrogens is 372 g/mol. The Balaban J connectivity index is 1.46. The summed E-state index contributed by atoms with van der Waals surface area (Å²) in [4.78, 5) is 28.3. The Morgan fingerprint density at radius 1 is 1.21 bits per heavy atom. The highest BCUT2D eigenvalue weighted by Gasteiger charge is 2.31. The zero-order valence-corrected chi connectivity index (χ0v) is 17.0. The molecule has 9 heteroatoms. The van der Waals surface area contributed by atoms with Crippen molar-refractivity contribution in [2.24, 2.45) is 5.92 Å². The Hall–Kier alpha value is -2.68. The zero-order valence-electron chi connectivity index (χ0n) is 17.0. The number of urea groups is 1. The van der Waals surface area contributed by atoms with E-state index in [1.54, 1.807) is 31.3 Å². The molecule has 4 rings (SSSR count). The van der Waals surface area contributed by atoms with Gasteiger partial charge in [0.15, 0.2) is 5.65 Å². The van der Waals surface area contributed by atoms with Crippen LogP contribution in [0.2, 0.25) is 0 Å². The minimum Gasteiger partial charge on any atom is -0.381 e. The molecule has 1 N–H and O–H groups in total. The van der Waals surface area contributed by atoms with Gasteiger partial charge in [0, 0.05) is 59.1 Å². The quantitative estimate of drug-likeness (QED) is 0.837. The molecule has 2 aliphatic rings. The third-order valence-corrected chi connectivity index (χ3v) is 5.79. The van der Waals surface area contributed by atoms with Gasteiger partial charge in [0.2, 0.25) is 0 Å². The van der Waals surface area contributed by atoms with E-state index in [0.717, 1.165) is 38.3 Å². The molecule has 2 aliphatic heterocycles. The monoisotopic (exact) mass is 400 g/mol. The maximum Gasteiger partial charge on any atom is 0.319 e. The molecule has 9 nitrogen and oxygen atoms in total. The van der Waals surface area contributed by atoms with E-state index in [4.69, 9.17) is 4.74 Å². The fourth-order valence-electron chi connectivity index (χ4n) is 4.04. The van der Waals surface area contributed by atoms with Crippen molar-refractivity contribution < 1.29 is 14.3 Å². The van der Waals surface area contributed by atoms with Gasteiger partial charge in [-0.05, 0) is 37.3 Å². The maximum atomic E-state index is 12.6. The molecule has 0 aliphatic carbocycles. The van der Waals surface area contributed by atoms with Crippen LogP contribution in [0, 0.1) is 5.92 Å². The lowest BCUT2D eigenvalue weighted by molar-refractivity contribution is 0.0642. The molecule has 29 heavy (non-hydrogen) atoms. The Morgan fingerprint density at radius 2 is 2.00 bits per heavy atom. The number of likely N-dealkylation sites (tertiary alicyclic amines) is 1. The van der Waals surface area contributed by atoms with Crippen LogP contribution in [0.4, 0.5) is 4.79 Å². The van der Waals surface area contributed by atoms with Gasteiger partial charge in [-0.1, -0.05) is 0 Å². The number of nitrogens with one attached hydrogen (secondary N) is 1. The highest BCUT2D eigenvalue weighted by Crippen LogP contribution is 2.27. The van der Waals surface area contributed by atoms with Crippen molar-refractivity contribution in [3.8, 4) is 0 Å². The minimum atomic E-state index is -0.0890. The first-order chi connectivity index (χ1) is 14.0. The van der Waals surface area contributed by atoms with Gasteiger partial charge in [0.1, 0.15) is 5.82 Å². The second-order valence-corrected chi connectivity index (χ2v) is 8.08. The summed E-state index contributed by atoms with van der Waals surface area (Å²) >= 11 is 0. The first-order valence-electron chi connectivity index (χ1n) is 10.2. The van der Waals surface area contributed by atoms with Gasteiger partial charge < -0.3 is 19.9 Å². The minimum absolute atomic E-state index is 0.00880. The molecule has 1 atom stereocenters.